The molecule has 0 aliphatic rings. The molecule has 0 aliphatic heterocycles. The lowest BCUT2D eigenvalue weighted by atomic mass is 10.3. The van der Waals surface area contributed by atoms with Gasteiger partial charge in [-0.3, -0.25) is 9.78 Å². The molecular weight excluding hydrogens is 152 g/mol. The van der Waals surface area contributed by atoms with Crippen LogP contribution in [0.4, 0.5) is 0 Å². The van der Waals surface area contributed by atoms with Gasteiger partial charge in [-0.25, -0.2) is 0 Å². The van der Waals surface area contributed by atoms with E-state index in [0.717, 1.165) is 0 Å². The number of rotatable bonds is 1. The van der Waals surface area contributed by atoms with Crippen molar-refractivity contribution in [2.24, 2.45) is 5.73 Å². The van der Waals surface area contributed by atoms with E-state index in [-0.39, 0.29) is 5.02 Å². The second-order valence-corrected chi connectivity index (χ2v) is 2.13. The van der Waals surface area contributed by atoms with Gasteiger partial charge in [-0.2, -0.15) is 0 Å². The zero-order chi connectivity index (χ0) is 7.56. The third-order valence-electron chi connectivity index (χ3n) is 1.04. The third-order valence-corrected chi connectivity index (χ3v) is 1.34. The van der Waals surface area contributed by atoms with Crippen LogP contribution in [0.1, 0.15) is 10.4 Å². The van der Waals surface area contributed by atoms with Gasteiger partial charge in [-0.1, -0.05) is 11.6 Å². The van der Waals surface area contributed by atoms with Crippen molar-refractivity contribution in [3.05, 3.63) is 29.0 Å². The fraction of sp³-hybridized carbons (Fsp3) is 0. The molecule has 0 fully saturated rings. The summed E-state index contributed by atoms with van der Waals surface area (Å²) in [6, 6.07) is 1.48. The molecule has 3 nitrogen and oxygen atoms in total. The summed E-state index contributed by atoms with van der Waals surface area (Å²) < 4.78 is 0. The lowest BCUT2D eigenvalue weighted by Gasteiger charge is -1.94. The number of hydrogen-bond acceptors (Lipinski definition) is 2. The first-order chi connectivity index (χ1) is 4.72. The van der Waals surface area contributed by atoms with Gasteiger partial charge in [0.05, 0.1) is 10.6 Å². The molecule has 10 heavy (non-hydrogen) atoms. The Morgan fingerprint density at radius 1 is 1.70 bits per heavy atom. The van der Waals surface area contributed by atoms with Crippen LogP contribution in [-0.2, 0) is 0 Å². The minimum atomic E-state index is -0.535. The fourth-order valence-corrected chi connectivity index (χ4v) is 0.787. The van der Waals surface area contributed by atoms with Crippen LogP contribution in [0.25, 0.3) is 0 Å². The number of carbonyl (C=O) groups excluding carboxylic acids is 1. The summed E-state index contributed by atoms with van der Waals surface area (Å²) in [4.78, 5) is 14.2. The lowest BCUT2D eigenvalue weighted by Crippen LogP contribution is -2.11. The van der Waals surface area contributed by atoms with E-state index in [0.29, 0.717) is 5.56 Å². The van der Waals surface area contributed by atoms with Gasteiger partial charge >= 0.3 is 0 Å². The van der Waals surface area contributed by atoms with Gasteiger partial charge in [-0.15, -0.1) is 0 Å². The molecule has 0 spiro atoms. The Kier molecular flexibility index (Phi) is 1.87. The van der Waals surface area contributed by atoms with Crippen LogP contribution < -0.4 is 5.73 Å². The maximum atomic E-state index is 10.5. The van der Waals surface area contributed by atoms with Gasteiger partial charge in [0.2, 0.25) is 5.91 Å². The van der Waals surface area contributed by atoms with Crippen LogP contribution in [0.5, 0.6) is 0 Å². The number of carbonyl (C=O) groups is 1. The summed E-state index contributed by atoms with van der Waals surface area (Å²) in [6.07, 6.45) is 2.84. The summed E-state index contributed by atoms with van der Waals surface area (Å²) in [7, 11) is 0. The first kappa shape index (κ1) is 7.02. The van der Waals surface area contributed by atoms with Crippen molar-refractivity contribution in [3.8, 4) is 0 Å². The highest BCUT2D eigenvalue weighted by molar-refractivity contribution is 6.33. The Bertz CT molecular complexity index is 262. The highest BCUT2D eigenvalue weighted by Crippen LogP contribution is 2.11. The van der Waals surface area contributed by atoms with Crippen molar-refractivity contribution in [2.45, 2.75) is 0 Å². The highest BCUT2D eigenvalue weighted by Gasteiger charge is 2.03. The number of amides is 1. The van der Waals surface area contributed by atoms with Crippen molar-refractivity contribution >= 4 is 17.5 Å². The number of primary amides is 1. The number of aromatic nitrogens is 1. The van der Waals surface area contributed by atoms with Crippen LogP contribution >= 0.6 is 11.6 Å². The van der Waals surface area contributed by atoms with E-state index in [1.807, 2.05) is 0 Å². The topological polar surface area (TPSA) is 56.0 Å². The zero-order valence-corrected chi connectivity index (χ0v) is 5.80. The Labute approximate surface area is 62.8 Å². The summed E-state index contributed by atoms with van der Waals surface area (Å²) in [5.41, 5.74) is 5.27. The molecule has 0 saturated carbocycles. The summed E-state index contributed by atoms with van der Waals surface area (Å²) in [5.74, 6) is -0.535. The zero-order valence-electron chi connectivity index (χ0n) is 5.04. The first-order valence-corrected chi connectivity index (χ1v) is 2.99. The second-order valence-electron chi connectivity index (χ2n) is 1.72. The highest BCUT2D eigenvalue weighted by atomic mass is 35.5. The van der Waals surface area contributed by atoms with Crippen LogP contribution in [0.3, 0.4) is 0 Å². The normalized spacial score (nSPS) is 9.30. The number of nitrogens with zero attached hydrogens (tertiary/aromatic N) is 1. The minimum absolute atomic E-state index is 0.287. The Hall–Kier alpha value is -1.09. The standard InChI is InChI=1S/C6H5ClN2O/c7-5-3-9-2-1-4(5)6(8)10/h1-3H,(H2,8,10). The minimum Gasteiger partial charge on any atom is -0.366 e. The first-order valence-electron chi connectivity index (χ1n) is 2.61. The summed E-state index contributed by atoms with van der Waals surface area (Å²) >= 11 is 5.56. The van der Waals surface area contributed by atoms with E-state index >= 15 is 0 Å². The maximum absolute atomic E-state index is 10.5. The predicted molar refractivity (Wildman–Crippen MR) is 37.8 cm³/mol. The van der Waals surface area contributed by atoms with Gasteiger partial charge in [0.25, 0.3) is 0 Å². The Balaban J connectivity index is 3.15. The Morgan fingerprint density at radius 2 is 2.40 bits per heavy atom. The molecule has 0 bridgehead atoms. The van der Waals surface area contributed by atoms with E-state index in [2.05, 4.69) is 4.98 Å². The average molecular weight is 157 g/mol. The molecule has 0 unspecified atom stereocenters. The molecule has 1 aromatic rings. The molecule has 1 rings (SSSR count). The van der Waals surface area contributed by atoms with Crippen LogP contribution in [-0.4, -0.2) is 10.9 Å². The Morgan fingerprint density at radius 3 is 2.80 bits per heavy atom. The number of halogens is 1. The van der Waals surface area contributed by atoms with E-state index in [9.17, 15) is 4.79 Å². The van der Waals surface area contributed by atoms with Crippen molar-refractivity contribution in [1.82, 2.24) is 4.98 Å². The quantitative estimate of drug-likeness (QED) is 0.655. The monoisotopic (exact) mass is 156 g/mol. The molecule has 0 radical (unpaired) electrons. The van der Waals surface area contributed by atoms with Crippen LogP contribution in [0.2, 0.25) is 5.02 Å². The van der Waals surface area contributed by atoms with Gasteiger partial charge in [0, 0.05) is 12.4 Å². The second kappa shape index (κ2) is 2.66. The third kappa shape index (κ3) is 1.25. The molecule has 0 aromatic carbocycles. The molecular formula is C6H5ClN2O. The fourth-order valence-electron chi connectivity index (χ4n) is 0.575. The lowest BCUT2D eigenvalue weighted by molar-refractivity contribution is 0.100. The molecule has 1 amide bonds. The molecule has 4 heteroatoms. The number of nitrogens with two attached hydrogens (primary N) is 1. The van der Waals surface area contributed by atoms with Gasteiger partial charge < -0.3 is 5.73 Å². The molecule has 0 saturated heterocycles. The average Bonchev–Trinajstić information content (AvgIpc) is 1.88. The summed E-state index contributed by atoms with van der Waals surface area (Å²) in [5, 5.41) is 0.287. The maximum Gasteiger partial charge on any atom is 0.250 e. The van der Waals surface area contributed by atoms with E-state index < -0.39 is 5.91 Å². The van der Waals surface area contributed by atoms with E-state index in [4.69, 9.17) is 17.3 Å². The molecule has 52 valence electrons. The van der Waals surface area contributed by atoms with Crippen LogP contribution in [0.15, 0.2) is 18.5 Å². The number of hydrogen-bond donors (Lipinski definition) is 1. The molecule has 1 aromatic heterocycles. The molecule has 0 atom stereocenters. The van der Waals surface area contributed by atoms with E-state index in [1.54, 1.807) is 0 Å². The molecule has 0 aliphatic carbocycles. The van der Waals surface area contributed by atoms with Gasteiger partial charge in [-0.05, 0) is 6.07 Å². The SMILES string of the molecule is NC(=O)c1ccncc1Cl. The smallest absolute Gasteiger partial charge is 0.250 e. The van der Waals surface area contributed by atoms with Crippen molar-refractivity contribution in [2.75, 3.05) is 0 Å². The molecule has 1 heterocycles. The van der Waals surface area contributed by atoms with Crippen molar-refractivity contribution in [3.63, 3.8) is 0 Å². The number of pyridine rings is 1. The van der Waals surface area contributed by atoms with Gasteiger partial charge in [0.15, 0.2) is 0 Å². The van der Waals surface area contributed by atoms with Crippen LogP contribution in [0, 0.1) is 0 Å². The largest absolute Gasteiger partial charge is 0.366 e. The molecule has 2 N–H and O–H groups in total. The van der Waals surface area contributed by atoms with Gasteiger partial charge in [0.1, 0.15) is 0 Å². The summed E-state index contributed by atoms with van der Waals surface area (Å²) in [6.45, 7) is 0. The van der Waals surface area contributed by atoms with Crippen molar-refractivity contribution < 1.29 is 4.79 Å². The van der Waals surface area contributed by atoms with E-state index in [1.165, 1.54) is 18.5 Å². The predicted octanol–water partition coefficient (Wildman–Crippen LogP) is 0.834. The van der Waals surface area contributed by atoms with Crippen molar-refractivity contribution in [1.29, 1.82) is 0 Å².